The highest BCUT2D eigenvalue weighted by molar-refractivity contribution is 5.66. The van der Waals surface area contributed by atoms with Gasteiger partial charge in [-0.05, 0) is 55.4 Å². The molecule has 0 bridgehead atoms. The molecule has 21 heavy (non-hydrogen) atoms. The lowest BCUT2D eigenvalue weighted by Crippen LogP contribution is -2.16. The highest BCUT2D eigenvalue weighted by Gasteiger charge is 2.23. The maximum Gasteiger partial charge on any atom is 0.143 e. The van der Waals surface area contributed by atoms with Crippen LogP contribution in [-0.2, 0) is 4.79 Å². The first kappa shape index (κ1) is 17.2. The van der Waals surface area contributed by atoms with Crippen molar-refractivity contribution in [3.05, 3.63) is 70.9 Å². The van der Waals surface area contributed by atoms with Gasteiger partial charge in [-0.2, -0.15) is 0 Å². The van der Waals surface area contributed by atoms with Gasteiger partial charge in [0.2, 0.25) is 0 Å². The third-order valence-electron chi connectivity index (χ3n) is 3.71. The van der Waals surface area contributed by atoms with Crippen LogP contribution in [0.1, 0.15) is 41.0 Å². The highest BCUT2D eigenvalue weighted by atomic mass is 16.1. The molecule has 0 aromatic heterocycles. The number of hydrogen-bond donors (Lipinski definition) is 0. The quantitative estimate of drug-likeness (QED) is 0.370. The van der Waals surface area contributed by atoms with Crippen LogP contribution in [0.4, 0.5) is 0 Å². The summed E-state index contributed by atoms with van der Waals surface area (Å²) in [7, 11) is 0. The van der Waals surface area contributed by atoms with E-state index in [1.54, 1.807) is 6.08 Å². The van der Waals surface area contributed by atoms with Gasteiger partial charge in [0.25, 0.3) is 0 Å². The smallest absolute Gasteiger partial charge is 0.143 e. The Morgan fingerprint density at radius 1 is 1.14 bits per heavy atom. The average Bonchev–Trinajstić information content (AvgIpc) is 2.37. The van der Waals surface area contributed by atoms with Gasteiger partial charge in [-0.15, -0.1) is 0 Å². The van der Waals surface area contributed by atoms with E-state index >= 15 is 0 Å². The molecule has 0 unspecified atom stereocenters. The summed E-state index contributed by atoms with van der Waals surface area (Å²) in [6.45, 7) is 10.7. The third-order valence-corrected chi connectivity index (χ3v) is 3.71. The van der Waals surface area contributed by atoms with Crippen molar-refractivity contribution in [2.75, 3.05) is 0 Å². The highest BCUT2D eigenvalue weighted by Crippen LogP contribution is 2.37. The van der Waals surface area contributed by atoms with Gasteiger partial charge in [0.1, 0.15) is 6.29 Å². The summed E-state index contributed by atoms with van der Waals surface area (Å²) in [5.41, 5.74) is 5.09. The molecule has 0 aromatic carbocycles. The van der Waals surface area contributed by atoms with Crippen LogP contribution in [0.5, 0.6) is 0 Å². The summed E-state index contributed by atoms with van der Waals surface area (Å²) in [4.78, 5) is 10.3. The van der Waals surface area contributed by atoms with Crippen LogP contribution >= 0.6 is 0 Å². The number of allylic oxidation sites excluding steroid dienone is 12. The molecule has 0 heterocycles. The van der Waals surface area contributed by atoms with Crippen molar-refractivity contribution in [3.8, 4) is 0 Å². The van der Waals surface area contributed by atoms with Crippen LogP contribution in [0.2, 0.25) is 0 Å². The van der Waals surface area contributed by atoms with E-state index in [2.05, 4.69) is 58.1 Å². The Labute approximate surface area is 129 Å². The average molecular weight is 282 g/mol. The molecule has 0 amide bonds. The van der Waals surface area contributed by atoms with Gasteiger partial charge in [-0.1, -0.05) is 62.0 Å². The zero-order valence-electron chi connectivity index (χ0n) is 13.8. The van der Waals surface area contributed by atoms with Crippen molar-refractivity contribution in [3.63, 3.8) is 0 Å². The predicted molar refractivity (Wildman–Crippen MR) is 92.1 cm³/mol. The van der Waals surface area contributed by atoms with E-state index in [-0.39, 0.29) is 5.41 Å². The molecular formula is C20H26O. The molecule has 1 heteroatoms. The molecule has 0 radical (unpaired) electrons. The standard InChI is InChI=1S/C20H26O/c1-16(8-6-9-17(2)13-15-21)11-12-19-18(3)10-7-14-20(19,4)5/h6-13,15H,14H2,1-5H3. The molecule has 0 atom stereocenters. The van der Waals surface area contributed by atoms with E-state index in [4.69, 9.17) is 0 Å². The molecule has 1 aliphatic rings. The van der Waals surface area contributed by atoms with Crippen molar-refractivity contribution >= 4 is 6.29 Å². The molecule has 1 nitrogen and oxygen atoms in total. The van der Waals surface area contributed by atoms with E-state index < -0.39 is 0 Å². The number of carbonyl (C=O) groups excluding carboxylic acids is 1. The lowest BCUT2D eigenvalue weighted by atomic mass is 9.75. The molecule has 0 N–H and O–H groups in total. The molecule has 0 saturated carbocycles. The van der Waals surface area contributed by atoms with Crippen molar-refractivity contribution in [2.24, 2.45) is 5.41 Å². The van der Waals surface area contributed by atoms with Crippen LogP contribution in [0.15, 0.2) is 70.9 Å². The summed E-state index contributed by atoms with van der Waals surface area (Å²) in [6.07, 6.45) is 18.3. The van der Waals surface area contributed by atoms with E-state index in [9.17, 15) is 4.79 Å². The normalized spacial score (nSPS) is 19.9. The van der Waals surface area contributed by atoms with Crippen molar-refractivity contribution in [1.29, 1.82) is 0 Å². The Balaban J connectivity index is 2.82. The molecule has 1 aliphatic carbocycles. The predicted octanol–water partition coefficient (Wildman–Crippen LogP) is 5.49. The van der Waals surface area contributed by atoms with Gasteiger partial charge in [-0.25, -0.2) is 0 Å². The summed E-state index contributed by atoms with van der Waals surface area (Å²) in [6, 6.07) is 0. The first-order valence-corrected chi connectivity index (χ1v) is 7.40. The van der Waals surface area contributed by atoms with Gasteiger partial charge in [0.05, 0.1) is 0 Å². The molecule has 112 valence electrons. The van der Waals surface area contributed by atoms with Gasteiger partial charge in [0, 0.05) is 0 Å². The zero-order chi connectivity index (χ0) is 15.9. The van der Waals surface area contributed by atoms with Crippen LogP contribution in [0.25, 0.3) is 0 Å². The van der Waals surface area contributed by atoms with Gasteiger partial charge >= 0.3 is 0 Å². The minimum atomic E-state index is 0.203. The largest absolute Gasteiger partial charge is 0.299 e. The number of carbonyl (C=O) groups is 1. The van der Waals surface area contributed by atoms with Crippen LogP contribution in [-0.4, -0.2) is 6.29 Å². The van der Waals surface area contributed by atoms with Crippen LogP contribution in [0.3, 0.4) is 0 Å². The number of rotatable bonds is 5. The molecule has 0 aromatic rings. The Bertz CT molecular complexity index is 561. The van der Waals surface area contributed by atoms with Crippen molar-refractivity contribution < 1.29 is 4.79 Å². The Morgan fingerprint density at radius 3 is 2.43 bits per heavy atom. The summed E-state index contributed by atoms with van der Waals surface area (Å²) in [5, 5.41) is 0. The SMILES string of the molecule is CC(C=CC=C(C)C=CC1=C(C)C=CCC1(C)C)=CC=O. The molecule has 0 fully saturated rings. The van der Waals surface area contributed by atoms with Gasteiger partial charge in [-0.3, -0.25) is 4.79 Å². The Hall–Kier alpha value is -1.89. The van der Waals surface area contributed by atoms with Gasteiger partial charge < -0.3 is 0 Å². The third kappa shape index (κ3) is 5.55. The second kappa shape index (κ2) is 7.78. The van der Waals surface area contributed by atoms with E-state index in [0.29, 0.717) is 0 Å². The van der Waals surface area contributed by atoms with E-state index in [1.807, 2.05) is 19.1 Å². The Morgan fingerprint density at radius 2 is 1.81 bits per heavy atom. The lowest BCUT2D eigenvalue weighted by Gasteiger charge is -2.29. The maximum absolute atomic E-state index is 10.3. The van der Waals surface area contributed by atoms with Crippen LogP contribution in [0, 0.1) is 5.41 Å². The van der Waals surface area contributed by atoms with Gasteiger partial charge in [0.15, 0.2) is 0 Å². The zero-order valence-corrected chi connectivity index (χ0v) is 13.8. The fraction of sp³-hybridized carbons (Fsp3) is 0.350. The number of hydrogen-bond acceptors (Lipinski definition) is 1. The first-order chi connectivity index (χ1) is 9.86. The lowest BCUT2D eigenvalue weighted by molar-refractivity contribution is -0.104. The Kier molecular flexibility index (Phi) is 6.36. The van der Waals surface area contributed by atoms with E-state index in [0.717, 1.165) is 18.3 Å². The monoisotopic (exact) mass is 282 g/mol. The minimum Gasteiger partial charge on any atom is -0.299 e. The molecule has 0 aliphatic heterocycles. The summed E-state index contributed by atoms with van der Waals surface area (Å²) >= 11 is 0. The van der Waals surface area contributed by atoms with Crippen molar-refractivity contribution in [2.45, 2.75) is 41.0 Å². The topological polar surface area (TPSA) is 17.1 Å². The van der Waals surface area contributed by atoms with Crippen LogP contribution < -0.4 is 0 Å². The second-order valence-electron chi connectivity index (χ2n) is 6.24. The van der Waals surface area contributed by atoms with Crippen molar-refractivity contribution in [1.82, 2.24) is 0 Å². The molecule has 0 spiro atoms. The minimum absolute atomic E-state index is 0.203. The molecule has 1 rings (SSSR count). The van der Waals surface area contributed by atoms with E-state index in [1.165, 1.54) is 16.7 Å². The summed E-state index contributed by atoms with van der Waals surface area (Å²) < 4.78 is 0. The number of aldehydes is 1. The maximum atomic E-state index is 10.3. The summed E-state index contributed by atoms with van der Waals surface area (Å²) in [5.74, 6) is 0. The second-order valence-corrected chi connectivity index (χ2v) is 6.24. The first-order valence-electron chi connectivity index (χ1n) is 7.40. The fourth-order valence-electron chi connectivity index (χ4n) is 2.41. The molecular weight excluding hydrogens is 256 g/mol. The fourth-order valence-corrected chi connectivity index (χ4v) is 2.41. The molecule has 0 saturated heterocycles.